The number of carbonyl (C=O) groups is 1. The predicted octanol–water partition coefficient (Wildman–Crippen LogP) is 6.17. The van der Waals surface area contributed by atoms with E-state index in [-0.39, 0.29) is 5.92 Å². The van der Waals surface area contributed by atoms with Crippen molar-refractivity contribution in [3.63, 3.8) is 0 Å². The molecule has 1 aromatic heterocycles. The summed E-state index contributed by atoms with van der Waals surface area (Å²) >= 11 is 1.64. The Morgan fingerprint density at radius 2 is 1.32 bits per heavy atom. The highest BCUT2D eigenvalue weighted by Crippen LogP contribution is 2.37. The maximum atomic E-state index is 13.0. The Labute approximate surface area is 254 Å². The van der Waals surface area contributed by atoms with Gasteiger partial charge in [-0.05, 0) is 25.7 Å². The maximum absolute atomic E-state index is 13.0. The summed E-state index contributed by atoms with van der Waals surface area (Å²) in [7, 11) is 1.68. The molecule has 224 valence electrons. The van der Waals surface area contributed by atoms with Crippen LogP contribution in [0, 0.1) is 44.5 Å². The van der Waals surface area contributed by atoms with Gasteiger partial charge < -0.3 is 15.0 Å². The van der Waals surface area contributed by atoms with E-state index in [9.17, 15) is 4.79 Å². The van der Waals surface area contributed by atoms with E-state index in [0.717, 1.165) is 62.7 Å². The molecule has 2 aromatic rings. The topological polar surface area (TPSA) is 59.0 Å². The molecule has 3 fully saturated rings. The number of piperidine rings is 1. The fraction of sp³-hybridized carbons (Fsp3) is 0.543. The Morgan fingerprint density at radius 1 is 0.854 bits per heavy atom. The van der Waals surface area contributed by atoms with Crippen LogP contribution in [-0.2, 0) is 11.2 Å². The summed E-state index contributed by atoms with van der Waals surface area (Å²) in [6.07, 6.45) is 38.6. The summed E-state index contributed by atoms with van der Waals surface area (Å²) in [6, 6.07) is 12.0. The van der Waals surface area contributed by atoms with Crippen molar-refractivity contribution < 1.29 is 14.8 Å². The van der Waals surface area contributed by atoms with E-state index in [0.29, 0.717) is 11.8 Å². The molecule has 0 radical (unpaired) electrons. The lowest BCUT2D eigenvalue weighted by Crippen LogP contribution is -2.81. The molecule has 5 rings (SSSR count). The number of aryl methyl sites for hydroxylation is 1. The fourth-order valence-corrected chi connectivity index (χ4v) is 6.38. The molecule has 41 heavy (non-hydrogen) atoms. The molecule has 1 unspecified atom stereocenters. The highest BCUT2D eigenvalue weighted by Gasteiger charge is 2.42. The van der Waals surface area contributed by atoms with Crippen LogP contribution in [0.3, 0.4) is 0 Å². The Kier molecular flexibility index (Phi) is 23.7. The van der Waals surface area contributed by atoms with E-state index < -0.39 is 0 Å². The van der Waals surface area contributed by atoms with Crippen LogP contribution in [-0.4, -0.2) is 49.1 Å². The summed E-state index contributed by atoms with van der Waals surface area (Å²) in [5.74, 6) is 0.763. The first-order chi connectivity index (χ1) is 20.2. The number of rotatable bonds is 5. The maximum Gasteiger partial charge on any atom is 0.273 e. The van der Waals surface area contributed by atoms with E-state index >= 15 is 0 Å². The zero-order valence-electron chi connectivity index (χ0n) is 25.4. The van der Waals surface area contributed by atoms with Gasteiger partial charge in [-0.15, -0.1) is 38.5 Å². The minimum absolute atomic E-state index is 0.105. The van der Waals surface area contributed by atoms with Crippen LogP contribution in [0.4, 0.5) is 0 Å². The highest BCUT2D eigenvalue weighted by molar-refractivity contribution is 7.13. The number of benzene rings is 1. The monoisotopic (exact) mass is 578 g/mol. The minimum atomic E-state index is 0.105. The zero-order valence-corrected chi connectivity index (χ0v) is 26.2. The van der Waals surface area contributed by atoms with Crippen LogP contribution >= 0.6 is 11.3 Å². The molecule has 5 nitrogen and oxygen atoms in total. The standard InChI is InChI=1S/C17H27N3O2S.C6H12.C6H6.3C2H2/c1-3-7-14-15(23-17(19-14)22-2)12-10-18-11-13(12)16(21)20-8-5-4-6-9-20;2*1-2-4-6-5-3-1;3*1-2/h12-13,18H,3-11H2,1-2H3;1-6H2;1-6H;3*1-2H/p+1/t12-,13?;;;;;/m1...../s1. The van der Waals surface area contributed by atoms with Crippen molar-refractivity contribution in [2.24, 2.45) is 5.92 Å². The summed E-state index contributed by atoms with van der Waals surface area (Å²) in [6.45, 7) is 5.95. The third kappa shape index (κ3) is 14.3. The number of likely N-dealkylation sites (tertiary alicyclic amines) is 1. The third-order valence-corrected chi connectivity index (χ3v) is 8.38. The van der Waals surface area contributed by atoms with E-state index in [1.54, 1.807) is 18.4 Å². The molecule has 0 spiro atoms. The first-order valence-corrected chi connectivity index (χ1v) is 15.7. The number of amides is 1. The Hall–Kier alpha value is -3.24. The molecule has 1 aliphatic carbocycles. The smallest absolute Gasteiger partial charge is 0.273 e. The number of carbonyl (C=O) groups excluding carboxylic acids is 1. The lowest BCUT2D eigenvalue weighted by Gasteiger charge is -2.29. The predicted molar refractivity (Wildman–Crippen MR) is 175 cm³/mol. The van der Waals surface area contributed by atoms with Crippen molar-refractivity contribution >= 4 is 17.2 Å². The van der Waals surface area contributed by atoms with Crippen LogP contribution in [0.1, 0.15) is 87.6 Å². The largest absolute Gasteiger partial charge is 0.473 e. The molecular weight excluding hydrogens is 526 g/mol. The van der Waals surface area contributed by atoms with Gasteiger partial charge in [-0.2, -0.15) is 0 Å². The average Bonchev–Trinajstić information content (AvgIpc) is 3.74. The quantitative estimate of drug-likeness (QED) is 0.432. The number of methoxy groups -OCH3 is 1. The van der Waals surface area contributed by atoms with Gasteiger partial charge in [-0.1, -0.05) is 99.6 Å². The van der Waals surface area contributed by atoms with E-state index in [1.165, 1.54) is 49.8 Å². The number of ether oxygens (including phenoxy) is 1. The molecule has 6 heteroatoms. The van der Waals surface area contributed by atoms with Gasteiger partial charge in [0.1, 0.15) is 5.92 Å². The molecular formula is C35H52N3O2S+. The van der Waals surface area contributed by atoms with Crippen molar-refractivity contribution in [2.45, 2.75) is 83.5 Å². The summed E-state index contributed by atoms with van der Waals surface area (Å²) in [5.41, 5.74) is 1.14. The molecule has 0 bridgehead atoms. The van der Waals surface area contributed by atoms with Crippen molar-refractivity contribution in [2.75, 3.05) is 33.3 Å². The van der Waals surface area contributed by atoms with Crippen molar-refractivity contribution in [3.05, 3.63) is 47.0 Å². The van der Waals surface area contributed by atoms with Gasteiger partial charge in [0.15, 0.2) is 0 Å². The van der Waals surface area contributed by atoms with Gasteiger partial charge in [0.2, 0.25) is 5.91 Å². The van der Waals surface area contributed by atoms with Crippen LogP contribution in [0.5, 0.6) is 5.19 Å². The number of aromatic nitrogens is 1. The zero-order chi connectivity index (χ0) is 30.7. The highest BCUT2D eigenvalue weighted by atomic mass is 32.1. The van der Waals surface area contributed by atoms with Crippen LogP contribution < -0.4 is 10.1 Å². The molecule has 2 atom stereocenters. The van der Waals surface area contributed by atoms with Gasteiger partial charge in [0, 0.05) is 18.0 Å². The second-order valence-corrected chi connectivity index (χ2v) is 10.9. The minimum Gasteiger partial charge on any atom is -0.473 e. The molecule has 1 amide bonds. The number of nitrogens with zero attached hydrogens (tertiary/aromatic N) is 2. The van der Waals surface area contributed by atoms with Crippen LogP contribution in [0.25, 0.3) is 0 Å². The molecule has 1 saturated carbocycles. The Balaban J connectivity index is 0.000000723. The van der Waals surface area contributed by atoms with Crippen LogP contribution in [0.2, 0.25) is 0 Å². The van der Waals surface area contributed by atoms with Gasteiger partial charge in [-0.3, -0.25) is 4.79 Å². The molecule has 3 heterocycles. The molecule has 2 aliphatic heterocycles. The summed E-state index contributed by atoms with van der Waals surface area (Å²) in [5, 5.41) is 3.03. The Morgan fingerprint density at radius 3 is 1.76 bits per heavy atom. The summed E-state index contributed by atoms with van der Waals surface area (Å²) in [4.78, 5) is 21.0. The SMILES string of the molecule is C#C.C#C.C#C.C1CCCCC1.CCCc1nc(OC)sc1[C@@H]1C[NH2+]CC1C(=O)N1CCCCC1.c1ccccc1. The number of hydrogen-bond acceptors (Lipinski definition) is 4. The lowest BCUT2D eigenvalue weighted by molar-refractivity contribution is -0.638. The van der Waals surface area contributed by atoms with Crippen molar-refractivity contribution in [3.8, 4) is 43.7 Å². The van der Waals surface area contributed by atoms with E-state index in [4.69, 9.17) is 4.74 Å². The first kappa shape index (κ1) is 37.8. The molecule has 3 aliphatic rings. The van der Waals surface area contributed by atoms with E-state index in [1.807, 2.05) is 36.4 Å². The number of terminal acetylenes is 3. The van der Waals surface area contributed by atoms with Crippen molar-refractivity contribution in [1.82, 2.24) is 9.88 Å². The molecule has 2 N–H and O–H groups in total. The molecule has 2 saturated heterocycles. The number of quaternary nitrogens is 1. The van der Waals surface area contributed by atoms with Gasteiger partial charge >= 0.3 is 0 Å². The third-order valence-electron chi connectivity index (χ3n) is 7.18. The average molecular weight is 579 g/mol. The second-order valence-electron chi connectivity index (χ2n) is 9.88. The van der Waals surface area contributed by atoms with Crippen molar-refractivity contribution in [1.29, 1.82) is 0 Å². The Bertz CT molecular complexity index is 904. The lowest BCUT2D eigenvalue weighted by atomic mass is 9.91. The summed E-state index contributed by atoms with van der Waals surface area (Å²) < 4.78 is 5.36. The first-order valence-electron chi connectivity index (χ1n) is 14.9. The van der Waals surface area contributed by atoms with Gasteiger partial charge in [0.05, 0.1) is 31.8 Å². The number of nitrogens with two attached hydrogens (primary N) is 1. The van der Waals surface area contributed by atoms with E-state index in [2.05, 4.69) is 60.7 Å². The van der Waals surface area contributed by atoms with Gasteiger partial charge in [-0.25, -0.2) is 4.98 Å². The normalized spacial score (nSPS) is 18.8. The fourth-order valence-electron chi connectivity index (χ4n) is 5.27. The number of hydrogen-bond donors (Lipinski definition) is 1. The molecule has 1 aromatic carbocycles. The number of thiazole rings is 1. The van der Waals surface area contributed by atoms with Crippen LogP contribution in [0.15, 0.2) is 36.4 Å². The van der Waals surface area contributed by atoms with Gasteiger partial charge in [0.25, 0.3) is 5.19 Å². The second kappa shape index (κ2) is 25.7.